The maximum atomic E-state index is 10.6. The number of aliphatic hydroxyl groups excluding tert-OH is 1. The summed E-state index contributed by atoms with van der Waals surface area (Å²) < 4.78 is 0. The number of hydrogen-bond donors (Lipinski definition) is 2. The van der Waals surface area contributed by atoms with Gasteiger partial charge in [-0.25, -0.2) is 0 Å². The molecular formula is C11H13N3O3. The summed E-state index contributed by atoms with van der Waals surface area (Å²) in [5.41, 5.74) is 2.12. The summed E-state index contributed by atoms with van der Waals surface area (Å²) in [6.45, 7) is 0.654. The van der Waals surface area contributed by atoms with Gasteiger partial charge in [-0.15, -0.1) is 0 Å². The van der Waals surface area contributed by atoms with Crippen LogP contribution in [0.15, 0.2) is 18.2 Å². The molecule has 90 valence electrons. The summed E-state index contributed by atoms with van der Waals surface area (Å²) in [4.78, 5) is 12.1. The van der Waals surface area contributed by atoms with Crippen molar-refractivity contribution in [3.8, 4) is 0 Å². The standard InChI is InChI=1S/C11H13N3O3/c15-5-1-4-14-12-9-3-2-8(7-11(16)17)6-10(9)13-14/h2-3,6,15H,1,4-5,7H2,(H,16,17). The van der Waals surface area contributed by atoms with Crippen LogP contribution in [0.5, 0.6) is 0 Å². The van der Waals surface area contributed by atoms with Gasteiger partial charge >= 0.3 is 5.97 Å². The van der Waals surface area contributed by atoms with E-state index in [1.54, 1.807) is 18.2 Å². The zero-order chi connectivity index (χ0) is 12.3. The molecule has 1 aromatic carbocycles. The first-order valence-electron chi connectivity index (χ1n) is 5.35. The minimum absolute atomic E-state index is 0.0144. The van der Waals surface area contributed by atoms with Crippen molar-refractivity contribution in [2.75, 3.05) is 6.61 Å². The number of aryl methyl sites for hydroxylation is 1. The van der Waals surface area contributed by atoms with Crippen molar-refractivity contribution in [3.05, 3.63) is 23.8 Å². The van der Waals surface area contributed by atoms with Gasteiger partial charge in [-0.2, -0.15) is 15.0 Å². The van der Waals surface area contributed by atoms with Gasteiger partial charge < -0.3 is 10.2 Å². The fourth-order valence-electron chi connectivity index (χ4n) is 1.60. The number of aromatic nitrogens is 3. The maximum absolute atomic E-state index is 10.6. The molecule has 0 saturated carbocycles. The van der Waals surface area contributed by atoms with Gasteiger partial charge in [-0.05, 0) is 24.1 Å². The molecule has 0 saturated heterocycles. The molecule has 1 heterocycles. The smallest absolute Gasteiger partial charge is 0.307 e. The Bertz CT molecular complexity index is 536. The zero-order valence-corrected chi connectivity index (χ0v) is 9.20. The Morgan fingerprint density at radius 3 is 2.76 bits per heavy atom. The number of nitrogens with zero attached hydrogens (tertiary/aromatic N) is 3. The van der Waals surface area contributed by atoms with Crippen molar-refractivity contribution in [2.45, 2.75) is 19.4 Å². The van der Waals surface area contributed by atoms with Crippen molar-refractivity contribution in [1.82, 2.24) is 15.0 Å². The topological polar surface area (TPSA) is 88.2 Å². The summed E-state index contributed by atoms with van der Waals surface area (Å²) in [6.07, 6.45) is 0.586. The molecule has 0 unspecified atom stereocenters. The molecule has 0 fully saturated rings. The third-order valence-electron chi connectivity index (χ3n) is 2.36. The number of fused-ring (bicyclic) bond motifs is 1. The minimum atomic E-state index is -0.864. The summed E-state index contributed by atoms with van der Waals surface area (Å²) >= 11 is 0. The number of rotatable bonds is 5. The van der Waals surface area contributed by atoms with E-state index in [9.17, 15) is 4.79 Å². The Labute approximate surface area is 97.5 Å². The molecule has 17 heavy (non-hydrogen) atoms. The van der Waals surface area contributed by atoms with Crippen molar-refractivity contribution in [2.24, 2.45) is 0 Å². The second-order valence-electron chi connectivity index (χ2n) is 3.77. The van der Waals surface area contributed by atoms with Crippen molar-refractivity contribution in [3.63, 3.8) is 0 Å². The van der Waals surface area contributed by atoms with Gasteiger partial charge in [0, 0.05) is 6.61 Å². The van der Waals surface area contributed by atoms with Crippen LogP contribution < -0.4 is 0 Å². The van der Waals surface area contributed by atoms with Gasteiger partial charge in [0.05, 0.1) is 13.0 Å². The fourth-order valence-corrected chi connectivity index (χ4v) is 1.60. The minimum Gasteiger partial charge on any atom is -0.481 e. The third kappa shape index (κ3) is 2.79. The first-order chi connectivity index (χ1) is 8.19. The lowest BCUT2D eigenvalue weighted by Gasteiger charge is -1.94. The van der Waals surface area contributed by atoms with E-state index in [0.29, 0.717) is 24.0 Å². The lowest BCUT2D eigenvalue weighted by molar-refractivity contribution is -0.136. The Morgan fingerprint density at radius 1 is 1.29 bits per heavy atom. The van der Waals surface area contributed by atoms with E-state index in [4.69, 9.17) is 10.2 Å². The zero-order valence-electron chi connectivity index (χ0n) is 9.20. The Kier molecular flexibility index (Phi) is 3.34. The van der Waals surface area contributed by atoms with Gasteiger partial charge in [-0.1, -0.05) is 6.07 Å². The molecular weight excluding hydrogens is 222 g/mol. The number of benzene rings is 1. The molecule has 0 bridgehead atoms. The number of carbonyl (C=O) groups is 1. The fraction of sp³-hybridized carbons (Fsp3) is 0.364. The lowest BCUT2D eigenvalue weighted by Crippen LogP contribution is -2.03. The van der Waals surface area contributed by atoms with Crippen LogP contribution in [0.2, 0.25) is 0 Å². The molecule has 0 aliphatic heterocycles. The van der Waals surface area contributed by atoms with E-state index in [0.717, 1.165) is 5.52 Å². The van der Waals surface area contributed by atoms with E-state index < -0.39 is 5.97 Å². The van der Waals surface area contributed by atoms with E-state index in [2.05, 4.69) is 10.2 Å². The summed E-state index contributed by atoms with van der Waals surface area (Å²) in [5.74, 6) is -0.864. The average molecular weight is 235 g/mol. The highest BCUT2D eigenvalue weighted by Crippen LogP contribution is 2.12. The predicted octanol–water partition coefficient (Wildman–Crippen LogP) is 0.441. The first-order valence-corrected chi connectivity index (χ1v) is 5.35. The molecule has 0 aliphatic carbocycles. The molecule has 0 aliphatic rings. The number of carboxylic acids is 1. The number of carboxylic acid groups (broad SMARTS) is 1. The van der Waals surface area contributed by atoms with Crippen molar-refractivity contribution < 1.29 is 15.0 Å². The highest BCUT2D eigenvalue weighted by Gasteiger charge is 2.06. The van der Waals surface area contributed by atoms with Crippen LogP contribution in [0.3, 0.4) is 0 Å². The molecule has 2 rings (SSSR count). The van der Waals surface area contributed by atoms with Gasteiger partial charge in [0.1, 0.15) is 11.0 Å². The van der Waals surface area contributed by atoms with E-state index >= 15 is 0 Å². The monoisotopic (exact) mass is 235 g/mol. The third-order valence-corrected chi connectivity index (χ3v) is 2.36. The number of hydrogen-bond acceptors (Lipinski definition) is 4. The maximum Gasteiger partial charge on any atom is 0.307 e. The molecule has 0 amide bonds. The van der Waals surface area contributed by atoms with Crippen LogP contribution in [-0.4, -0.2) is 37.8 Å². The van der Waals surface area contributed by atoms with Crippen LogP contribution >= 0.6 is 0 Å². The van der Waals surface area contributed by atoms with Gasteiger partial charge in [0.15, 0.2) is 0 Å². The molecule has 6 heteroatoms. The molecule has 0 atom stereocenters. The number of aliphatic carboxylic acids is 1. The summed E-state index contributed by atoms with van der Waals surface area (Å²) in [7, 11) is 0. The second kappa shape index (κ2) is 4.92. The van der Waals surface area contributed by atoms with Crippen LogP contribution in [-0.2, 0) is 17.8 Å². The molecule has 0 spiro atoms. The normalized spacial score (nSPS) is 10.9. The van der Waals surface area contributed by atoms with Gasteiger partial charge in [0.2, 0.25) is 0 Å². The Balaban J connectivity index is 2.24. The molecule has 0 radical (unpaired) electrons. The highest BCUT2D eigenvalue weighted by molar-refractivity contribution is 5.77. The van der Waals surface area contributed by atoms with Crippen molar-refractivity contribution >= 4 is 17.0 Å². The van der Waals surface area contributed by atoms with Crippen LogP contribution in [0, 0.1) is 0 Å². The molecule has 1 aromatic heterocycles. The first kappa shape index (κ1) is 11.5. The van der Waals surface area contributed by atoms with E-state index in [1.807, 2.05) is 0 Å². The van der Waals surface area contributed by atoms with E-state index in [-0.39, 0.29) is 13.0 Å². The SMILES string of the molecule is O=C(O)Cc1ccc2nn(CCCO)nc2c1. The van der Waals surface area contributed by atoms with Crippen molar-refractivity contribution in [1.29, 1.82) is 0 Å². The van der Waals surface area contributed by atoms with Gasteiger partial charge in [-0.3, -0.25) is 4.79 Å². The summed E-state index contributed by atoms with van der Waals surface area (Å²) in [5, 5.41) is 25.8. The summed E-state index contributed by atoms with van der Waals surface area (Å²) in [6, 6.07) is 5.23. The van der Waals surface area contributed by atoms with Crippen LogP contribution in [0.1, 0.15) is 12.0 Å². The lowest BCUT2D eigenvalue weighted by atomic mass is 10.1. The average Bonchev–Trinajstić information content (AvgIpc) is 2.67. The Hall–Kier alpha value is -1.95. The second-order valence-corrected chi connectivity index (χ2v) is 3.77. The largest absolute Gasteiger partial charge is 0.481 e. The quantitative estimate of drug-likeness (QED) is 0.785. The van der Waals surface area contributed by atoms with Crippen LogP contribution in [0.4, 0.5) is 0 Å². The highest BCUT2D eigenvalue weighted by atomic mass is 16.4. The molecule has 6 nitrogen and oxygen atoms in total. The molecule has 2 aromatic rings. The Morgan fingerprint density at radius 2 is 2.06 bits per heavy atom. The van der Waals surface area contributed by atoms with E-state index in [1.165, 1.54) is 4.80 Å². The van der Waals surface area contributed by atoms with Crippen LogP contribution in [0.25, 0.3) is 11.0 Å². The van der Waals surface area contributed by atoms with Gasteiger partial charge in [0.25, 0.3) is 0 Å². The number of aliphatic hydroxyl groups is 1. The predicted molar refractivity (Wildman–Crippen MR) is 60.6 cm³/mol. The molecule has 2 N–H and O–H groups in total.